The number of imide groups is 1. The third kappa shape index (κ3) is 5.19. The van der Waals surface area contributed by atoms with Gasteiger partial charge in [0.1, 0.15) is 18.6 Å². The number of ether oxygens (including phenoxy) is 2. The van der Waals surface area contributed by atoms with Crippen molar-refractivity contribution in [2.45, 2.75) is 24.8 Å². The number of alkyl halides is 1. The second-order valence-electron chi connectivity index (χ2n) is 7.47. The monoisotopic (exact) mass is 498 g/mol. The number of aromatic nitrogens is 1. The number of carbonyl (C=O) groups excluding carboxylic acids is 2. The molecule has 2 heterocycles. The van der Waals surface area contributed by atoms with E-state index in [0.29, 0.717) is 18.7 Å². The molecule has 0 bridgehead atoms. The fourth-order valence-electron chi connectivity index (χ4n) is 3.82. The summed E-state index contributed by atoms with van der Waals surface area (Å²) >= 11 is 3.34. The Morgan fingerprint density at radius 2 is 1.94 bits per heavy atom. The largest absolute Gasteiger partial charge is 0.493 e. The number of halogens is 1. The lowest BCUT2D eigenvalue weighted by atomic mass is 9.91. The van der Waals surface area contributed by atoms with Gasteiger partial charge in [-0.05, 0) is 29.7 Å². The van der Waals surface area contributed by atoms with Gasteiger partial charge in [-0.15, -0.1) is 0 Å². The molecule has 1 saturated heterocycles. The van der Waals surface area contributed by atoms with Crippen molar-refractivity contribution in [2.24, 2.45) is 0 Å². The summed E-state index contributed by atoms with van der Waals surface area (Å²) in [6, 6.07) is 18.7. The Labute approximate surface area is 194 Å². The third-order valence-corrected chi connectivity index (χ3v) is 5.69. The number of carbonyl (C=O) groups is 2. The molecular formula is C24H23BrN2O5. The highest BCUT2D eigenvalue weighted by molar-refractivity contribution is 9.09. The summed E-state index contributed by atoms with van der Waals surface area (Å²) < 4.78 is 15.9. The maximum absolute atomic E-state index is 13.3. The summed E-state index contributed by atoms with van der Waals surface area (Å²) in [5.74, 6) is 0.0720. The molecule has 0 radical (unpaired) electrons. The number of rotatable bonds is 9. The van der Waals surface area contributed by atoms with Crippen LogP contribution in [-0.2, 0) is 16.0 Å². The van der Waals surface area contributed by atoms with Crippen molar-refractivity contribution in [1.82, 2.24) is 10.1 Å². The molecule has 8 heteroatoms. The molecule has 4 rings (SSSR count). The summed E-state index contributed by atoms with van der Waals surface area (Å²) in [7, 11) is 0. The summed E-state index contributed by atoms with van der Waals surface area (Å²) in [6.45, 7) is 0.748. The van der Waals surface area contributed by atoms with E-state index in [1.165, 1.54) is 11.2 Å². The highest BCUT2D eigenvalue weighted by Gasteiger charge is 2.39. The van der Waals surface area contributed by atoms with Crippen molar-refractivity contribution in [3.63, 3.8) is 0 Å². The van der Waals surface area contributed by atoms with E-state index in [1.807, 2.05) is 54.6 Å². The minimum Gasteiger partial charge on any atom is -0.493 e. The van der Waals surface area contributed by atoms with Crippen LogP contribution in [0, 0.1) is 0 Å². The second kappa shape index (κ2) is 10.5. The topological polar surface area (TPSA) is 81.9 Å². The lowest BCUT2D eigenvalue weighted by Crippen LogP contribution is -2.40. The molecule has 1 aliphatic rings. The van der Waals surface area contributed by atoms with Gasteiger partial charge in [0.2, 0.25) is 5.91 Å². The van der Waals surface area contributed by atoms with Gasteiger partial charge in [-0.2, -0.15) is 0 Å². The number of amides is 2. The molecule has 2 unspecified atom stereocenters. The van der Waals surface area contributed by atoms with Gasteiger partial charge in [0.15, 0.2) is 0 Å². The zero-order valence-electron chi connectivity index (χ0n) is 17.4. The minimum absolute atomic E-state index is 0.0640. The highest BCUT2D eigenvalue weighted by atomic mass is 79.9. The highest BCUT2D eigenvalue weighted by Crippen LogP contribution is 2.30. The van der Waals surface area contributed by atoms with E-state index in [2.05, 4.69) is 21.1 Å². The van der Waals surface area contributed by atoms with E-state index in [1.54, 1.807) is 6.07 Å². The molecule has 7 nitrogen and oxygen atoms in total. The number of cyclic esters (lactones) is 1. The van der Waals surface area contributed by atoms with Crippen molar-refractivity contribution in [1.29, 1.82) is 0 Å². The molecule has 2 aromatic carbocycles. The van der Waals surface area contributed by atoms with Crippen LogP contribution in [0.4, 0.5) is 4.79 Å². The van der Waals surface area contributed by atoms with Gasteiger partial charge in [0.05, 0.1) is 18.3 Å². The van der Waals surface area contributed by atoms with Gasteiger partial charge in [-0.3, -0.25) is 4.79 Å². The lowest BCUT2D eigenvalue weighted by Gasteiger charge is -2.22. The first-order valence-corrected chi connectivity index (χ1v) is 11.5. The van der Waals surface area contributed by atoms with Crippen LogP contribution in [0.25, 0.3) is 0 Å². The van der Waals surface area contributed by atoms with Gasteiger partial charge >= 0.3 is 6.09 Å². The number of nitrogens with zero attached hydrogens (tertiary/aromatic N) is 2. The second-order valence-corrected chi connectivity index (χ2v) is 8.26. The van der Waals surface area contributed by atoms with Crippen LogP contribution >= 0.6 is 15.9 Å². The Morgan fingerprint density at radius 1 is 1.16 bits per heavy atom. The van der Waals surface area contributed by atoms with Gasteiger partial charge in [0, 0.05) is 23.7 Å². The molecule has 1 fully saturated rings. The van der Waals surface area contributed by atoms with E-state index in [4.69, 9.17) is 14.0 Å². The minimum atomic E-state index is -0.603. The van der Waals surface area contributed by atoms with Crippen molar-refractivity contribution in [3.8, 4) is 5.75 Å². The van der Waals surface area contributed by atoms with E-state index in [-0.39, 0.29) is 30.9 Å². The van der Waals surface area contributed by atoms with Crippen molar-refractivity contribution in [2.75, 3.05) is 18.5 Å². The smallest absolute Gasteiger partial charge is 0.416 e. The Morgan fingerprint density at radius 3 is 2.62 bits per heavy atom. The fraction of sp³-hybridized carbons (Fsp3) is 0.292. The third-order valence-electron chi connectivity index (χ3n) is 5.37. The SMILES string of the molecule is O=C(CC(c1ccc(OCCBr)cc1)c1ccon1)N1C(=O)OCC1Cc1ccccc1. The molecule has 166 valence electrons. The van der Waals surface area contributed by atoms with Crippen LogP contribution in [0.2, 0.25) is 0 Å². The standard InChI is InChI=1S/C24H23BrN2O5/c25-11-13-30-20-8-6-18(7-9-20)21(22-10-12-32-26-22)15-23(28)27-19(16-31-24(27)29)14-17-4-2-1-3-5-17/h1-10,12,19,21H,11,13-16H2. The molecular weight excluding hydrogens is 476 g/mol. The molecule has 1 aromatic heterocycles. The molecule has 2 atom stereocenters. The van der Waals surface area contributed by atoms with Crippen molar-refractivity contribution in [3.05, 3.63) is 83.7 Å². The van der Waals surface area contributed by atoms with E-state index < -0.39 is 6.09 Å². The summed E-state index contributed by atoms with van der Waals surface area (Å²) in [6.07, 6.45) is 1.48. The van der Waals surface area contributed by atoms with Crippen LogP contribution < -0.4 is 4.74 Å². The van der Waals surface area contributed by atoms with Crippen LogP contribution in [0.1, 0.15) is 29.2 Å². The number of hydrogen-bond donors (Lipinski definition) is 0. The predicted molar refractivity (Wildman–Crippen MR) is 121 cm³/mol. The first kappa shape index (κ1) is 22.1. The zero-order valence-corrected chi connectivity index (χ0v) is 18.9. The maximum atomic E-state index is 13.3. The first-order valence-electron chi connectivity index (χ1n) is 10.4. The van der Waals surface area contributed by atoms with Crippen molar-refractivity contribution >= 4 is 27.9 Å². The Kier molecular flexibility index (Phi) is 7.21. The Bertz CT molecular complexity index is 1020. The van der Waals surface area contributed by atoms with Gasteiger partial charge in [-0.1, -0.05) is 63.6 Å². The fourth-order valence-corrected chi connectivity index (χ4v) is 3.98. The van der Waals surface area contributed by atoms with E-state index >= 15 is 0 Å². The molecule has 0 saturated carbocycles. The van der Waals surface area contributed by atoms with Crippen molar-refractivity contribution < 1.29 is 23.6 Å². The molecule has 0 aliphatic carbocycles. The number of benzene rings is 2. The quantitative estimate of drug-likeness (QED) is 0.402. The summed E-state index contributed by atoms with van der Waals surface area (Å²) in [5.41, 5.74) is 2.55. The Balaban J connectivity index is 1.52. The van der Waals surface area contributed by atoms with Crippen LogP contribution in [0.15, 0.2) is 71.4 Å². The molecule has 2 amide bonds. The van der Waals surface area contributed by atoms with Gasteiger partial charge < -0.3 is 14.0 Å². The predicted octanol–water partition coefficient (Wildman–Crippen LogP) is 4.56. The van der Waals surface area contributed by atoms with Crippen LogP contribution in [0.3, 0.4) is 0 Å². The van der Waals surface area contributed by atoms with E-state index in [0.717, 1.165) is 22.2 Å². The summed E-state index contributed by atoms with van der Waals surface area (Å²) in [5, 5.41) is 4.79. The van der Waals surface area contributed by atoms with Crippen LogP contribution in [0.5, 0.6) is 5.75 Å². The Hall–Kier alpha value is -3.13. The van der Waals surface area contributed by atoms with Gasteiger partial charge in [0.25, 0.3) is 0 Å². The first-order chi connectivity index (χ1) is 15.7. The average Bonchev–Trinajstić information content (AvgIpc) is 3.47. The molecule has 1 aliphatic heterocycles. The molecule has 3 aromatic rings. The molecule has 0 N–H and O–H groups in total. The maximum Gasteiger partial charge on any atom is 0.416 e. The van der Waals surface area contributed by atoms with Gasteiger partial charge in [-0.25, -0.2) is 9.69 Å². The van der Waals surface area contributed by atoms with E-state index in [9.17, 15) is 9.59 Å². The van der Waals surface area contributed by atoms with Crippen LogP contribution in [-0.4, -0.2) is 46.6 Å². The molecule has 32 heavy (non-hydrogen) atoms. The lowest BCUT2D eigenvalue weighted by molar-refractivity contribution is -0.129. The molecule has 0 spiro atoms. The average molecular weight is 499 g/mol. The zero-order chi connectivity index (χ0) is 22.3. The summed E-state index contributed by atoms with van der Waals surface area (Å²) in [4.78, 5) is 26.9. The number of hydrogen-bond acceptors (Lipinski definition) is 6. The normalized spacial score (nSPS) is 16.6.